The largest absolute Gasteiger partial charge is 0.491 e. The van der Waals surface area contributed by atoms with Crippen LogP contribution in [0.25, 0.3) is 0 Å². The van der Waals surface area contributed by atoms with Gasteiger partial charge in [-0.1, -0.05) is 43.0 Å². The monoisotopic (exact) mass is 270 g/mol. The molecule has 0 atom stereocenters. The van der Waals surface area contributed by atoms with Gasteiger partial charge in [-0.3, -0.25) is 0 Å². The van der Waals surface area contributed by atoms with Crippen molar-refractivity contribution >= 4 is 24.2 Å². The zero-order chi connectivity index (χ0) is 12.1. The van der Waals surface area contributed by atoms with Crippen LogP contribution >= 0.6 is 24.2 Å². The lowest BCUT2D eigenvalue weighted by Gasteiger charge is -2.35. The van der Waals surface area contributed by atoms with Gasteiger partial charge in [0.1, 0.15) is 5.75 Å². The molecule has 0 unspecified atom stereocenters. The maximum Gasteiger partial charge on any atom is 0.137 e. The van der Waals surface area contributed by atoms with Gasteiger partial charge in [-0.25, -0.2) is 0 Å². The maximum absolute atomic E-state index is 6.09. The molecular weight excluding hydrogens is 252 g/mol. The third kappa shape index (κ3) is 3.32. The average molecular weight is 271 g/mol. The van der Waals surface area contributed by atoms with Crippen molar-refractivity contribution < 1.29 is 4.74 Å². The molecule has 0 spiro atoms. The van der Waals surface area contributed by atoms with Crippen LogP contribution in [0.4, 0.5) is 0 Å². The van der Waals surface area contributed by atoms with Crippen LogP contribution in [0.5, 0.6) is 5.75 Å². The zero-order valence-electron chi connectivity index (χ0n) is 9.99. The topological polar surface area (TPSA) is 9.23 Å². The summed E-state index contributed by atoms with van der Waals surface area (Å²) in [5, 5.41) is 0.692. The molecule has 3 heteroatoms. The van der Waals surface area contributed by atoms with Crippen molar-refractivity contribution in [1.29, 1.82) is 0 Å². The fourth-order valence-corrected chi connectivity index (χ4v) is 3.04. The van der Waals surface area contributed by atoms with Gasteiger partial charge in [-0.15, -0.1) is 0 Å². The highest BCUT2D eigenvalue weighted by Gasteiger charge is 2.31. The second-order valence-corrected chi connectivity index (χ2v) is 5.66. The van der Waals surface area contributed by atoms with Crippen molar-refractivity contribution in [3.05, 3.63) is 29.3 Å². The summed E-state index contributed by atoms with van der Waals surface area (Å²) in [6, 6.07) is 7.67. The molecule has 0 saturated heterocycles. The van der Waals surface area contributed by atoms with Crippen LogP contribution in [0.15, 0.2) is 24.3 Å². The quantitative estimate of drug-likeness (QED) is 0.787. The highest BCUT2D eigenvalue weighted by Crippen LogP contribution is 2.38. The van der Waals surface area contributed by atoms with Gasteiger partial charge in [0.05, 0.1) is 11.6 Å². The molecule has 1 aliphatic rings. The first kappa shape index (κ1) is 13.1. The van der Waals surface area contributed by atoms with E-state index >= 15 is 0 Å². The Morgan fingerprint density at radius 2 is 1.88 bits per heavy atom. The minimum atomic E-state index is 0.251. The number of rotatable bonds is 4. The molecule has 1 aromatic carbocycles. The Balaban J connectivity index is 1.98. The van der Waals surface area contributed by atoms with Crippen molar-refractivity contribution in [3.8, 4) is 5.75 Å². The van der Waals surface area contributed by atoms with Crippen molar-refractivity contribution in [3.63, 3.8) is 0 Å². The molecule has 0 aliphatic heterocycles. The van der Waals surface area contributed by atoms with E-state index in [0.717, 1.165) is 18.1 Å². The van der Waals surface area contributed by atoms with Crippen molar-refractivity contribution in [2.24, 2.45) is 5.41 Å². The number of thiol groups is 1. The zero-order valence-corrected chi connectivity index (χ0v) is 11.6. The number of para-hydroxylation sites is 1. The van der Waals surface area contributed by atoms with E-state index in [2.05, 4.69) is 12.6 Å². The van der Waals surface area contributed by atoms with E-state index in [1.165, 1.54) is 32.1 Å². The Bertz CT molecular complexity index is 361. The Morgan fingerprint density at radius 3 is 2.53 bits per heavy atom. The molecule has 2 rings (SSSR count). The summed E-state index contributed by atoms with van der Waals surface area (Å²) >= 11 is 10.6. The summed E-state index contributed by atoms with van der Waals surface area (Å²) < 4.78 is 5.89. The molecule has 17 heavy (non-hydrogen) atoms. The number of hydrogen-bond donors (Lipinski definition) is 1. The summed E-state index contributed by atoms with van der Waals surface area (Å²) in [4.78, 5) is 0. The second kappa shape index (κ2) is 6.01. The lowest BCUT2D eigenvalue weighted by Crippen LogP contribution is -2.33. The van der Waals surface area contributed by atoms with Gasteiger partial charge in [0, 0.05) is 5.41 Å². The van der Waals surface area contributed by atoms with Gasteiger partial charge in [0.15, 0.2) is 0 Å². The highest BCUT2D eigenvalue weighted by molar-refractivity contribution is 7.80. The number of ether oxygens (including phenoxy) is 1. The van der Waals surface area contributed by atoms with Crippen LogP contribution in [0, 0.1) is 5.41 Å². The molecule has 1 saturated carbocycles. The van der Waals surface area contributed by atoms with Crippen molar-refractivity contribution in [2.45, 2.75) is 32.1 Å². The van der Waals surface area contributed by atoms with Gasteiger partial charge in [-0.2, -0.15) is 12.6 Å². The van der Waals surface area contributed by atoms with E-state index in [4.69, 9.17) is 16.3 Å². The van der Waals surface area contributed by atoms with Gasteiger partial charge in [-0.05, 0) is 30.7 Å². The fraction of sp³-hybridized carbons (Fsp3) is 0.571. The summed E-state index contributed by atoms with van der Waals surface area (Å²) in [5.74, 6) is 1.69. The Hall–Kier alpha value is -0.340. The first-order valence-corrected chi connectivity index (χ1v) is 7.25. The van der Waals surface area contributed by atoms with Crippen LogP contribution in [-0.2, 0) is 0 Å². The van der Waals surface area contributed by atoms with Crippen LogP contribution < -0.4 is 4.74 Å². The van der Waals surface area contributed by atoms with Gasteiger partial charge < -0.3 is 4.74 Å². The first-order valence-electron chi connectivity index (χ1n) is 6.24. The molecule has 0 heterocycles. The summed E-state index contributed by atoms with van der Waals surface area (Å²) in [6.45, 7) is 0.736. The van der Waals surface area contributed by atoms with Gasteiger partial charge >= 0.3 is 0 Å². The molecule has 1 nitrogen and oxygen atoms in total. The van der Waals surface area contributed by atoms with Crippen LogP contribution in [0.3, 0.4) is 0 Å². The van der Waals surface area contributed by atoms with Gasteiger partial charge in [0.25, 0.3) is 0 Å². The molecule has 0 bridgehead atoms. The molecule has 0 N–H and O–H groups in total. The number of benzene rings is 1. The number of halogens is 1. The van der Waals surface area contributed by atoms with E-state index in [9.17, 15) is 0 Å². The maximum atomic E-state index is 6.09. The predicted octanol–water partition coefficient (Wildman–Crippen LogP) is 4.60. The Labute approximate surface area is 114 Å². The van der Waals surface area contributed by atoms with E-state index in [1.54, 1.807) is 0 Å². The number of hydrogen-bond acceptors (Lipinski definition) is 2. The standard InChI is InChI=1S/C14H19ClOS/c15-12-6-2-3-7-13(12)16-10-14(11-17)8-4-1-5-9-14/h2-3,6-7,17H,1,4-5,8-11H2. The summed E-state index contributed by atoms with van der Waals surface area (Å²) in [7, 11) is 0. The molecule has 1 fully saturated rings. The summed E-state index contributed by atoms with van der Waals surface area (Å²) in [6.07, 6.45) is 6.39. The SMILES string of the molecule is SCC1(COc2ccccc2Cl)CCCCC1. The Morgan fingerprint density at radius 1 is 1.18 bits per heavy atom. The lowest BCUT2D eigenvalue weighted by molar-refractivity contribution is 0.121. The van der Waals surface area contributed by atoms with Crippen molar-refractivity contribution in [1.82, 2.24) is 0 Å². The van der Waals surface area contributed by atoms with Gasteiger partial charge in [0.2, 0.25) is 0 Å². The first-order chi connectivity index (χ1) is 8.26. The molecule has 1 aromatic rings. The smallest absolute Gasteiger partial charge is 0.137 e. The third-order valence-electron chi connectivity index (χ3n) is 3.62. The minimum absolute atomic E-state index is 0.251. The Kier molecular flexibility index (Phi) is 4.63. The summed E-state index contributed by atoms with van der Waals surface area (Å²) in [5.41, 5.74) is 0.251. The van der Waals surface area contributed by atoms with Crippen LogP contribution in [0.2, 0.25) is 5.02 Å². The van der Waals surface area contributed by atoms with Crippen LogP contribution in [-0.4, -0.2) is 12.4 Å². The second-order valence-electron chi connectivity index (χ2n) is 4.94. The van der Waals surface area contributed by atoms with E-state index < -0.39 is 0 Å². The van der Waals surface area contributed by atoms with E-state index in [0.29, 0.717) is 5.02 Å². The molecular formula is C14H19ClOS. The van der Waals surface area contributed by atoms with Crippen molar-refractivity contribution in [2.75, 3.05) is 12.4 Å². The average Bonchev–Trinajstić information content (AvgIpc) is 2.39. The van der Waals surface area contributed by atoms with E-state index in [1.807, 2.05) is 24.3 Å². The molecule has 94 valence electrons. The predicted molar refractivity (Wildman–Crippen MR) is 76.3 cm³/mol. The highest BCUT2D eigenvalue weighted by atomic mass is 35.5. The molecule has 1 aliphatic carbocycles. The normalized spacial score (nSPS) is 18.9. The third-order valence-corrected chi connectivity index (χ3v) is 4.60. The molecule has 0 aromatic heterocycles. The molecule has 0 amide bonds. The fourth-order valence-electron chi connectivity index (χ4n) is 2.44. The van der Waals surface area contributed by atoms with Crippen LogP contribution in [0.1, 0.15) is 32.1 Å². The minimum Gasteiger partial charge on any atom is -0.491 e. The van der Waals surface area contributed by atoms with E-state index in [-0.39, 0.29) is 5.41 Å². The lowest BCUT2D eigenvalue weighted by atomic mass is 9.76. The molecule has 0 radical (unpaired) electrons.